The fourth-order valence-electron chi connectivity index (χ4n) is 6.14. The van der Waals surface area contributed by atoms with Crippen molar-refractivity contribution in [2.24, 2.45) is 0 Å². The van der Waals surface area contributed by atoms with E-state index in [1.165, 1.54) is 24.2 Å². The van der Waals surface area contributed by atoms with Crippen molar-refractivity contribution in [3.05, 3.63) is 68.0 Å². The number of rotatable bonds is 6. The van der Waals surface area contributed by atoms with Crippen molar-refractivity contribution in [2.45, 2.75) is 77.3 Å². The van der Waals surface area contributed by atoms with E-state index in [4.69, 9.17) is 0 Å². The molecule has 2 saturated heterocycles. The first kappa shape index (κ1) is 27.8. The van der Waals surface area contributed by atoms with Crippen molar-refractivity contribution in [2.75, 3.05) is 26.2 Å². The van der Waals surface area contributed by atoms with Crippen LogP contribution in [-0.2, 0) is 0 Å². The largest absolute Gasteiger partial charge is 0.292 e. The van der Waals surface area contributed by atoms with Crippen molar-refractivity contribution >= 4 is 43.1 Å². The number of nitrogens with zero attached hydrogens (tertiary/aromatic N) is 2. The van der Waals surface area contributed by atoms with Crippen LogP contribution in [0.5, 0.6) is 0 Å². The van der Waals surface area contributed by atoms with Crippen LogP contribution in [0, 0.1) is 0 Å². The number of carbonyl (C=O) groups excluding carboxylic acids is 2. The molecule has 6 nitrogen and oxygen atoms in total. The Balaban J connectivity index is 1.56. The Morgan fingerprint density at radius 3 is 1.33 bits per heavy atom. The average Bonchev–Trinajstić information content (AvgIpc) is 3.06. The third kappa shape index (κ3) is 5.12. The minimum absolute atomic E-state index is 0.0490. The second-order valence-corrected chi connectivity index (χ2v) is 13.1. The lowest BCUT2D eigenvalue weighted by Gasteiger charge is -2.39. The maximum absolute atomic E-state index is 13.6. The highest BCUT2D eigenvalue weighted by molar-refractivity contribution is 7.24. The zero-order valence-corrected chi connectivity index (χ0v) is 24.3. The van der Waals surface area contributed by atoms with Gasteiger partial charge in [0.25, 0.3) is 0 Å². The lowest BCUT2D eigenvalue weighted by molar-refractivity contribution is 0.0576. The second kappa shape index (κ2) is 10.7. The number of hydrogen-bond acceptors (Lipinski definition) is 7. The van der Waals surface area contributed by atoms with E-state index >= 15 is 0 Å². The summed E-state index contributed by atoms with van der Waals surface area (Å²) in [5.74, 6) is -0.0981. The van der Waals surface area contributed by atoms with Gasteiger partial charge in [0.2, 0.25) is 10.9 Å². The molecule has 0 atom stereocenters. The first-order valence-corrected chi connectivity index (χ1v) is 15.0. The predicted molar refractivity (Wildman–Crippen MR) is 160 cm³/mol. The molecule has 5 rings (SSSR count). The van der Waals surface area contributed by atoms with Gasteiger partial charge >= 0.3 is 0 Å². The molecular weight excluding hydrogens is 508 g/mol. The third-order valence-corrected chi connectivity index (χ3v) is 9.96. The van der Waals surface area contributed by atoms with Crippen LogP contribution in [0.3, 0.4) is 0 Å². The molecule has 39 heavy (non-hydrogen) atoms. The van der Waals surface area contributed by atoms with Crippen molar-refractivity contribution < 1.29 is 9.59 Å². The van der Waals surface area contributed by atoms with Crippen LogP contribution < -0.4 is 10.9 Å². The van der Waals surface area contributed by atoms with Gasteiger partial charge in [0.1, 0.15) is 0 Å². The SMILES string of the molecule is CC(C)(C(=O)c1ccc2sc3ccc(C(=O)C(C)(C)N4CCCCC4)cc3c(=O)c(=O)c2c1)N1CCCCC1. The normalized spacial score (nSPS) is 17.9. The van der Waals surface area contributed by atoms with E-state index in [2.05, 4.69) is 9.80 Å². The van der Waals surface area contributed by atoms with Gasteiger partial charge in [0.15, 0.2) is 11.6 Å². The van der Waals surface area contributed by atoms with E-state index in [1.807, 2.05) is 27.7 Å². The van der Waals surface area contributed by atoms with Crippen LogP contribution in [0.25, 0.3) is 20.2 Å². The number of hydrogen-bond donors (Lipinski definition) is 0. The van der Waals surface area contributed by atoms with Gasteiger partial charge in [-0.05, 0) is 116 Å². The molecule has 0 amide bonds. The van der Waals surface area contributed by atoms with Gasteiger partial charge in [0.05, 0.1) is 11.1 Å². The number of fused-ring (bicyclic) bond motifs is 2. The van der Waals surface area contributed by atoms with E-state index in [0.717, 1.165) is 51.9 Å². The quantitative estimate of drug-likeness (QED) is 0.293. The van der Waals surface area contributed by atoms with Gasteiger partial charge in [-0.15, -0.1) is 11.3 Å². The van der Waals surface area contributed by atoms with Crippen molar-refractivity contribution in [3.8, 4) is 0 Å². The topological polar surface area (TPSA) is 74.8 Å². The van der Waals surface area contributed by atoms with Gasteiger partial charge in [0, 0.05) is 31.3 Å². The maximum atomic E-state index is 13.6. The lowest BCUT2D eigenvalue weighted by atomic mass is 9.89. The smallest absolute Gasteiger partial charge is 0.235 e. The predicted octanol–water partition coefficient (Wildman–Crippen LogP) is 5.67. The fraction of sp³-hybridized carbons (Fsp3) is 0.500. The minimum Gasteiger partial charge on any atom is -0.292 e. The van der Waals surface area contributed by atoms with Gasteiger partial charge in [-0.25, -0.2) is 0 Å². The summed E-state index contributed by atoms with van der Waals surface area (Å²) in [6, 6.07) is 10.3. The number of benzene rings is 2. The summed E-state index contributed by atoms with van der Waals surface area (Å²) in [5, 5.41) is 0.506. The fourth-order valence-corrected chi connectivity index (χ4v) is 7.17. The van der Waals surface area contributed by atoms with Crippen LogP contribution in [0.15, 0.2) is 46.0 Å². The van der Waals surface area contributed by atoms with Crippen LogP contribution in [-0.4, -0.2) is 58.6 Å². The van der Waals surface area contributed by atoms with E-state index in [-0.39, 0.29) is 22.3 Å². The highest BCUT2D eigenvalue weighted by Gasteiger charge is 2.37. The molecule has 0 N–H and O–H groups in total. The third-order valence-electron chi connectivity index (χ3n) is 8.80. The van der Waals surface area contributed by atoms with Gasteiger partial charge in [-0.3, -0.25) is 29.0 Å². The molecule has 206 valence electrons. The average molecular weight is 547 g/mol. The van der Waals surface area contributed by atoms with Crippen molar-refractivity contribution in [1.82, 2.24) is 9.80 Å². The molecule has 0 spiro atoms. The molecule has 0 bridgehead atoms. The van der Waals surface area contributed by atoms with E-state index in [0.29, 0.717) is 20.5 Å². The first-order chi connectivity index (χ1) is 18.5. The summed E-state index contributed by atoms with van der Waals surface area (Å²) in [7, 11) is 0. The van der Waals surface area contributed by atoms with Crippen LogP contribution in [0.1, 0.15) is 86.9 Å². The number of carbonyl (C=O) groups is 2. The Kier molecular flexibility index (Phi) is 7.61. The monoisotopic (exact) mass is 546 g/mol. The number of Topliss-reactive ketones (excluding diaryl/α,β-unsaturated/α-hetero) is 2. The van der Waals surface area contributed by atoms with Crippen molar-refractivity contribution in [1.29, 1.82) is 0 Å². The summed E-state index contributed by atoms with van der Waals surface area (Å²) in [4.78, 5) is 58.6. The Hall–Kier alpha value is -2.74. The molecule has 3 aromatic rings. The van der Waals surface area contributed by atoms with E-state index in [1.54, 1.807) is 36.4 Å². The highest BCUT2D eigenvalue weighted by Crippen LogP contribution is 2.30. The zero-order chi connectivity index (χ0) is 27.9. The van der Waals surface area contributed by atoms with E-state index in [9.17, 15) is 19.2 Å². The number of likely N-dealkylation sites (tertiary alicyclic amines) is 2. The molecule has 1 aromatic heterocycles. The van der Waals surface area contributed by atoms with Gasteiger partial charge < -0.3 is 0 Å². The zero-order valence-electron chi connectivity index (χ0n) is 23.5. The molecule has 2 aliphatic rings. The minimum atomic E-state index is -0.695. The summed E-state index contributed by atoms with van der Waals surface area (Å²) in [5.41, 5.74) is -1.78. The number of ketones is 2. The molecule has 7 heteroatoms. The van der Waals surface area contributed by atoms with Crippen LogP contribution in [0.2, 0.25) is 0 Å². The molecule has 2 fully saturated rings. The maximum Gasteiger partial charge on any atom is 0.235 e. The molecule has 3 heterocycles. The molecular formula is C32H38N2O4S. The van der Waals surface area contributed by atoms with Crippen LogP contribution in [0.4, 0.5) is 0 Å². The second-order valence-electron chi connectivity index (χ2n) is 12.1. The highest BCUT2D eigenvalue weighted by atomic mass is 32.1. The molecule has 0 aliphatic carbocycles. The first-order valence-electron chi connectivity index (χ1n) is 14.2. The molecule has 0 saturated carbocycles. The summed E-state index contributed by atoms with van der Waals surface area (Å²) < 4.78 is 1.29. The Morgan fingerprint density at radius 2 is 0.974 bits per heavy atom. The Labute approximate surface area is 233 Å². The molecule has 0 unspecified atom stereocenters. The van der Waals surface area contributed by atoms with Crippen molar-refractivity contribution in [3.63, 3.8) is 0 Å². The van der Waals surface area contributed by atoms with Crippen LogP contribution >= 0.6 is 11.3 Å². The van der Waals surface area contributed by atoms with Gasteiger partial charge in [-0.1, -0.05) is 12.8 Å². The summed E-state index contributed by atoms with van der Waals surface area (Å²) in [6.07, 6.45) is 6.64. The van der Waals surface area contributed by atoms with Gasteiger partial charge in [-0.2, -0.15) is 0 Å². The molecule has 2 aromatic carbocycles. The summed E-state index contributed by atoms with van der Waals surface area (Å²) in [6.45, 7) is 11.3. The molecule has 2 aliphatic heterocycles. The Bertz CT molecular complexity index is 1440. The standard InChI is InChI=1S/C32H38N2O4S/c1-31(2,33-15-7-5-8-16-33)29(37)21-11-13-25-23(19-21)27(35)28(36)24-20-22(12-14-26(24)39-25)30(38)32(3,4)34-17-9-6-10-18-34/h11-14,19-20H,5-10,15-18H2,1-4H3. The summed E-state index contributed by atoms with van der Waals surface area (Å²) >= 11 is 1.34. The number of piperidine rings is 2. The van der Waals surface area contributed by atoms with E-state index < -0.39 is 21.9 Å². The molecule has 0 radical (unpaired) electrons. The lowest BCUT2D eigenvalue weighted by Crippen LogP contribution is -2.52. The Morgan fingerprint density at radius 1 is 0.615 bits per heavy atom.